The normalized spacial score (nSPS) is 28.3. The van der Waals surface area contributed by atoms with Gasteiger partial charge in [-0.15, -0.1) is 0 Å². The highest BCUT2D eigenvalue weighted by Crippen LogP contribution is 2.37. The van der Waals surface area contributed by atoms with E-state index in [1.165, 1.54) is 0 Å². The molecule has 0 amide bonds. The molecule has 19 heavy (non-hydrogen) atoms. The minimum atomic E-state index is -0.0413. The molecule has 2 atom stereocenters. The molecule has 2 unspecified atom stereocenters. The van der Waals surface area contributed by atoms with Gasteiger partial charge in [0.25, 0.3) is 5.56 Å². The smallest absolute Gasteiger partial charge is 0.252 e. The summed E-state index contributed by atoms with van der Waals surface area (Å²) in [7, 11) is 2.16. The Labute approximate surface area is 113 Å². The molecule has 2 aliphatic rings. The van der Waals surface area contributed by atoms with Crippen LogP contribution in [0.2, 0.25) is 0 Å². The molecule has 1 saturated carbocycles. The summed E-state index contributed by atoms with van der Waals surface area (Å²) >= 11 is 0. The van der Waals surface area contributed by atoms with Crippen LogP contribution in [0.1, 0.15) is 44.3 Å². The molecule has 3 rings (SSSR count). The molecule has 1 aromatic rings. The standard InChI is InChI=1S/C14H22N4O/c1-9-7-11(5-6-18(9)2)15-12-8-13(19)17-14(16-12)10-3-4-10/h8-11H,3-7H2,1-2H3,(H2,15,16,17,19). The molecule has 0 bridgehead atoms. The van der Waals surface area contributed by atoms with Crippen LogP contribution in [0.5, 0.6) is 0 Å². The zero-order valence-corrected chi connectivity index (χ0v) is 11.6. The number of hydrogen-bond acceptors (Lipinski definition) is 4. The van der Waals surface area contributed by atoms with Crippen molar-refractivity contribution < 1.29 is 0 Å². The summed E-state index contributed by atoms with van der Waals surface area (Å²) in [6.45, 7) is 3.34. The molecule has 1 aliphatic carbocycles. The Morgan fingerprint density at radius 1 is 1.42 bits per heavy atom. The number of nitrogens with one attached hydrogen (secondary N) is 2. The summed E-state index contributed by atoms with van der Waals surface area (Å²) in [6.07, 6.45) is 4.51. The number of rotatable bonds is 3. The van der Waals surface area contributed by atoms with Crippen LogP contribution in [-0.2, 0) is 0 Å². The molecular formula is C14H22N4O. The van der Waals surface area contributed by atoms with E-state index < -0.39 is 0 Å². The number of hydrogen-bond donors (Lipinski definition) is 2. The van der Waals surface area contributed by atoms with E-state index in [1.54, 1.807) is 6.07 Å². The van der Waals surface area contributed by atoms with Crippen molar-refractivity contribution in [3.8, 4) is 0 Å². The number of likely N-dealkylation sites (tertiary alicyclic amines) is 1. The fourth-order valence-corrected chi connectivity index (χ4v) is 2.73. The number of nitrogens with zero attached hydrogens (tertiary/aromatic N) is 2. The van der Waals surface area contributed by atoms with Gasteiger partial charge in [-0.25, -0.2) is 4.98 Å². The zero-order valence-electron chi connectivity index (χ0n) is 11.6. The van der Waals surface area contributed by atoms with Crippen LogP contribution in [0.3, 0.4) is 0 Å². The molecule has 0 spiro atoms. The van der Waals surface area contributed by atoms with E-state index in [1.807, 2.05) is 0 Å². The van der Waals surface area contributed by atoms with E-state index in [4.69, 9.17) is 0 Å². The van der Waals surface area contributed by atoms with Crippen molar-refractivity contribution in [1.29, 1.82) is 0 Å². The molecule has 2 fully saturated rings. The van der Waals surface area contributed by atoms with E-state index in [0.29, 0.717) is 18.0 Å². The van der Waals surface area contributed by atoms with Crippen molar-refractivity contribution in [3.05, 3.63) is 22.2 Å². The first-order chi connectivity index (χ1) is 9.11. The van der Waals surface area contributed by atoms with Gasteiger partial charge >= 0.3 is 0 Å². The summed E-state index contributed by atoms with van der Waals surface area (Å²) in [6, 6.07) is 2.58. The Bertz CT molecular complexity index is 508. The first-order valence-corrected chi connectivity index (χ1v) is 7.20. The summed E-state index contributed by atoms with van der Waals surface area (Å²) in [4.78, 5) is 21.4. The molecule has 0 aromatic carbocycles. The predicted molar refractivity (Wildman–Crippen MR) is 75.6 cm³/mol. The quantitative estimate of drug-likeness (QED) is 0.867. The summed E-state index contributed by atoms with van der Waals surface area (Å²) < 4.78 is 0. The van der Waals surface area contributed by atoms with Gasteiger partial charge in [0, 0.05) is 30.6 Å². The molecule has 104 valence electrons. The van der Waals surface area contributed by atoms with Gasteiger partial charge in [0.2, 0.25) is 0 Å². The molecule has 1 aromatic heterocycles. The Hall–Kier alpha value is -1.36. The largest absolute Gasteiger partial charge is 0.367 e. The van der Waals surface area contributed by atoms with Crippen LogP contribution in [0.25, 0.3) is 0 Å². The van der Waals surface area contributed by atoms with Crippen LogP contribution < -0.4 is 10.9 Å². The lowest BCUT2D eigenvalue weighted by Crippen LogP contribution is -2.42. The summed E-state index contributed by atoms with van der Waals surface area (Å²) in [5.74, 6) is 2.08. The lowest BCUT2D eigenvalue weighted by Gasteiger charge is -2.35. The average molecular weight is 262 g/mol. The van der Waals surface area contributed by atoms with Crippen molar-refractivity contribution in [2.45, 2.75) is 50.6 Å². The second-order valence-corrected chi connectivity index (χ2v) is 5.99. The maximum Gasteiger partial charge on any atom is 0.252 e. The van der Waals surface area contributed by atoms with Gasteiger partial charge < -0.3 is 15.2 Å². The van der Waals surface area contributed by atoms with Crippen molar-refractivity contribution >= 4 is 5.82 Å². The van der Waals surface area contributed by atoms with Crippen molar-refractivity contribution in [2.24, 2.45) is 0 Å². The number of piperidine rings is 1. The van der Waals surface area contributed by atoms with Crippen LogP contribution in [-0.4, -0.2) is 40.5 Å². The molecular weight excluding hydrogens is 240 g/mol. The zero-order chi connectivity index (χ0) is 13.4. The highest BCUT2D eigenvalue weighted by atomic mass is 16.1. The summed E-state index contributed by atoms with van der Waals surface area (Å²) in [5, 5.41) is 3.44. The topological polar surface area (TPSA) is 61.0 Å². The molecule has 2 N–H and O–H groups in total. The van der Waals surface area contributed by atoms with Crippen molar-refractivity contribution in [1.82, 2.24) is 14.9 Å². The number of aromatic nitrogens is 2. The third-order valence-corrected chi connectivity index (χ3v) is 4.28. The van der Waals surface area contributed by atoms with E-state index >= 15 is 0 Å². The Morgan fingerprint density at radius 2 is 2.21 bits per heavy atom. The van der Waals surface area contributed by atoms with Gasteiger partial charge in [-0.1, -0.05) is 0 Å². The first kappa shape index (κ1) is 12.7. The van der Waals surface area contributed by atoms with Gasteiger partial charge in [0.05, 0.1) is 0 Å². The minimum absolute atomic E-state index is 0.0413. The number of aromatic amines is 1. The van der Waals surface area contributed by atoms with E-state index in [9.17, 15) is 4.79 Å². The van der Waals surface area contributed by atoms with Gasteiger partial charge in [-0.3, -0.25) is 4.79 Å². The van der Waals surface area contributed by atoms with Crippen LogP contribution in [0.4, 0.5) is 5.82 Å². The van der Waals surface area contributed by atoms with Gasteiger partial charge in [0.1, 0.15) is 11.6 Å². The minimum Gasteiger partial charge on any atom is -0.367 e. The SMILES string of the molecule is CC1CC(Nc2cc(=O)[nH]c(C3CC3)n2)CCN1C. The van der Waals surface area contributed by atoms with Gasteiger partial charge in [-0.2, -0.15) is 0 Å². The van der Waals surface area contributed by atoms with E-state index in [-0.39, 0.29) is 5.56 Å². The maximum absolute atomic E-state index is 11.7. The average Bonchev–Trinajstić information content (AvgIpc) is 3.17. The fraction of sp³-hybridized carbons (Fsp3) is 0.714. The van der Waals surface area contributed by atoms with Crippen LogP contribution in [0, 0.1) is 0 Å². The van der Waals surface area contributed by atoms with Crippen molar-refractivity contribution in [3.63, 3.8) is 0 Å². The summed E-state index contributed by atoms with van der Waals surface area (Å²) in [5.41, 5.74) is -0.0413. The van der Waals surface area contributed by atoms with Gasteiger partial charge in [0.15, 0.2) is 0 Å². The lowest BCUT2D eigenvalue weighted by atomic mass is 9.99. The lowest BCUT2D eigenvalue weighted by molar-refractivity contribution is 0.190. The highest BCUT2D eigenvalue weighted by Gasteiger charge is 2.27. The molecule has 2 heterocycles. The van der Waals surface area contributed by atoms with E-state index in [0.717, 1.165) is 43.9 Å². The third-order valence-electron chi connectivity index (χ3n) is 4.28. The first-order valence-electron chi connectivity index (χ1n) is 7.20. The third kappa shape index (κ3) is 2.97. The Morgan fingerprint density at radius 3 is 2.89 bits per heavy atom. The number of anilines is 1. The maximum atomic E-state index is 11.7. The second-order valence-electron chi connectivity index (χ2n) is 5.99. The molecule has 1 aliphatic heterocycles. The fourth-order valence-electron chi connectivity index (χ4n) is 2.73. The highest BCUT2D eigenvalue weighted by molar-refractivity contribution is 5.35. The van der Waals surface area contributed by atoms with Crippen LogP contribution >= 0.6 is 0 Å². The molecule has 5 heteroatoms. The monoisotopic (exact) mass is 262 g/mol. The Balaban J connectivity index is 1.71. The van der Waals surface area contributed by atoms with Crippen molar-refractivity contribution in [2.75, 3.05) is 18.9 Å². The van der Waals surface area contributed by atoms with Gasteiger partial charge in [-0.05, 0) is 39.7 Å². The molecule has 5 nitrogen and oxygen atoms in total. The van der Waals surface area contributed by atoms with Crippen LogP contribution in [0.15, 0.2) is 10.9 Å². The predicted octanol–water partition coefficient (Wildman–Crippen LogP) is 1.54. The Kier molecular flexibility index (Phi) is 3.31. The molecule has 0 radical (unpaired) electrons. The number of H-pyrrole nitrogens is 1. The van der Waals surface area contributed by atoms with E-state index in [2.05, 4.69) is 34.2 Å². The molecule has 1 saturated heterocycles. The second kappa shape index (κ2) is 4.96.